The summed E-state index contributed by atoms with van der Waals surface area (Å²) >= 11 is 0. The van der Waals surface area contributed by atoms with Gasteiger partial charge in [-0.25, -0.2) is 4.79 Å². The summed E-state index contributed by atoms with van der Waals surface area (Å²) in [4.78, 5) is 14.2. The van der Waals surface area contributed by atoms with Crippen LogP contribution in [0.15, 0.2) is 24.3 Å². The Labute approximate surface area is 113 Å². The maximum absolute atomic E-state index is 11.9. The van der Waals surface area contributed by atoms with E-state index in [1.54, 1.807) is 0 Å². The first kappa shape index (κ1) is 12.5. The van der Waals surface area contributed by atoms with Crippen LogP contribution in [0.5, 0.6) is 0 Å². The lowest BCUT2D eigenvalue weighted by atomic mass is 9.88. The third-order valence-corrected chi connectivity index (χ3v) is 4.49. The summed E-state index contributed by atoms with van der Waals surface area (Å²) < 4.78 is 0. The molecule has 0 radical (unpaired) electrons. The minimum absolute atomic E-state index is 0.130. The van der Waals surface area contributed by atoms with Crippen LogP contribution in [0.4, 0.5) is 5.69 Å². The van der Waals surface area contributed by atoms with Crippen molar-refractivity contribution in [3.8, 4) is 0 Å². The largest absolute Gasteiger partial charge is 0.479 e. The number of hydrogen-bond acceptors (Lipinski definition) is 3. The number of hydrogen-bond donors (Lipinski definition) is 2. The molecule has 0 saturated carbocycles. The summed E-state index contributed by atoms with van der Waals surface area (Å²) in [5, 5.41) is 13.1. The van der Waals surface area contributed by atoms with Gasteiger partial charge >= 0.3 is 5.97 Å². The van der Waals surface area contributed by atoms with Gasteiger partial charge in [0.1, 0.15) is 0 Å². The van der Waals surface area contributed by atoms with Crippen LogP contribution in [0, 0.1) is 6.92 Å². The first-order valence-electron chi connectivity index (χ1n) is 6.94. The first-order valence-corrected chi connectivity index (χ1v) is 6.94. The third-order valence-electron chi connectivity index (χ3n) is 4.49. The molecular formula is C15H20N2O2. The molecule has 2 N–H and O–H groups in total. The zero-order valence-corrected chi connectivity index (χ0v) is 11.2. The summed E-state index contributed by atoms with van der Waals surface area (Å²) in [6, 6.07) is 8.09. The van der Waals surface area contributed by atoms with Crippen LogP contribution >= 0.6 is 0 Å². The number of benzene rings is 1. The number of aryl methyl sites for hydroxylation is 1. The molecule has 2 heterocycles. The van der Waals surface area contributed by atoms with E-state index in [2.05, 4.69) is 10.2 Å². The van der Waals surface area contributed by atoms with Crippen LogP contribution in [0.1, 0.15) is 24.8 Å². The Balaban J connectivity index is 1.91. The van der Waals surface area contributed by atoms with Gasteiger partial charge in [-0.15, -0.1) is 0 Å². The summed E-state index contributed by atoms with van der Waals surface area (Å²) in [6.45, 7) is 3.94. The van der Waals surface area contributed by atoms with E-state index in [0.717, 1.165) is 37.2 Å². The van der Waals surface area contributed by atoms with Crippen molar-refractivity contribution in [2.75, 3.05) is 18.4 Å². The topological polar surface area (TPSA) is 52.6 Å². The highest BCUT2D eigenvalue weighted by molar-refractivity contribution is 5.84. The predicted octanol–water partition coefficient (Wildman–Crippen LogP) is 2.10. The van der Waals surface area contributed by atoms with Crippen molar-refractivity contribution in [1.82, 2.24) is 4.90 Å². The van der Waals surface area contributed by atoms with Crippen molar-refractivity contribution >= 4 is 11.7 Å². The molecule has 0 amide bonds. The third kappa shape index (κ3) is 2.00. The molecule has 1 aromatic rings. The molecule has 2 saturated heterocycles. The normalized spacial score (nSPS) is 30.3. The van der Waals surface area contributed by atoms with Gasteiger partial charge in [0.2, 0.25) is 0 Å². The summed E-state index contributed by atoms with van der Waals surface area (Å²) in [6.07, 6.45) is 2.77. The molecule has 2 fully saturated rings. The van der Waals surface area contributed by atoms with Gasteiger partial charge in [0.05, 0.1) is 0 Å². The molecule has 2 aliphatic rings. The van der Waals surface area contributed by atoms with E-state index in [9.17, 15) is 9.90 Å². The molecule has 0 aliphatic carbocycles. The molecule has 2 unspecified atom stereocenters. The van der Waals surface area contributed by atoms with Gasteiger partial charge in [0.25, 0.3) is 0 Å². The van der Waals surface area contributed by atoms with Gasteiger partial charge in [0.15, 0.2) is 5.54 Å². The number of nitrogens with one attached hydrogen (secondary N) is 1. The van der Waals surface area contributed by atoms with Crippen molar-refractivity contribution in [2.24, 2.45) is 0 Å². The molecule has 0 aromatic heterocycles. The lowest BCUT2D eigenvalue weighted by Crippen LogP contribution is -2.54. The van der Waals surface area contributed by atoms with Gasteiger partial charge in [-0.05, 0) is 50.4 Å². The molecule has 0 bridgehead atoms. The first-order chi connectivity index (χ1) is 9.12. The molecule has 4 nitrogen and oxygen atoms in total. The van der Waals surface area contributed by atoms with Crippen LogP contribution in [0.3, 0.4) is 0 Å². The molecule has 2 aliphatic heterocycles. The van der Waals surface area contributed by atoms with E-state index in [1.165, 1.54) is 0 Å². The second-order valence-electron chi connectivity index (χ2n) is 5.71. The second kappa shape index (κ2) is 4.53. The maximum Gasteiger partial charge on any atom is 0.331 e. The number of fused-ring (bicyclic) bond motifs is 1. The average molecular weight is 260 g/mol. The van der Waals surface area contributed by atoms with Gasteiger partial charge in [-0.1, -0.05) is 12.1 Å². The number of carboxylic acids is 1. The van der Waals surface area contributed by atoms with Crippen LogP contribution in [0.2, 0.25) is 0 Å². The van der Waals surface area contributed by atoms with Crippen LogP contribution in [0.25, 0.3) is 0 Å². The number of carboxylic acid groups (broad SMARTS) is 1. The lowest BCUT2D eigenvalue weighted by molar-refractivity contribution is -0.143. The predicted molar refractivity (Wildman–Crippen MR) is 74.4 cm³/mol. The van der Waals surface area contributed by atoms with Gasteiger partial charge in [-0.3, -0.25) is 4.90 Å². The van der Waals surface area contributed by atoms with E-state index >= 15 is 0 Å². The highest BCUT2D eigenvalue weighted by Gasteiger charge is 2.54. The van der Waals surface area contributed by atoms with E-state index in [4.69, 9.17) is 0 Å². The average Bonchev–Trinajstić information content (AvgIpc) is 2.93. The minimum atomic E-state index is -0.815. The Morgan fingerprint density at radius 1 is 1.47 bits per heavy atom. The number of rotatable bonds is 3. The molecular weight excluding hydrogens is 240 g/mol. The number of aliphatic carboxylic acids is 1. The SMILES string of the molecule is Cc1cccc(NC2(C(=O)O)CCN3CCCC32)c1. The Bertz CT molecular complexity index is 503. The molecule has 102 valence electrons. The maximum atomic E-state index is 11.9. The highest BCUT2D eigenvalue weighted by Crippen LogP contribution is 2.38. The molecule has 4 heteroatoms. The smallest absolute Gasteiger partial charge is 0.331 e. The van der Waals surface area contributed by atoms with Gasteiger partial charge in [0, 0.05) is 18.3 Å². The van der Waals surface area contributed by atoms with Crippen molar-refractivity contribution < 1.29 is 9.90 Å². The quantitative estimate of drug-likeness (QED) is 0.874. The zero-order chi connectivity index (χ0) is 13.5. The highest BCUT2D eigenvalue weighted by atomic mass is 16.4. The number of nitrogens with zero attached hydrogens (tertiary/aromatic N) is 1. The van der Waals surface area contributed by atoms with E-state index in [-0.39, 0.29) is 6.04 Å². The van der Waals surface area contributed by atoms with Crippen molar-refractivity contribution in [2.45, 2.75) is 37.8 Å². The lowest BCUT2D eigenvalue weighted by Gasteiger charge is -2.33. The van der Waals surface area contributed by atoms with Gasteiger partial charge in [-0.2, -0.15) is 0 Å². The van der Waals surface area contributed by atoms with Crippen LogP contribution in [-0.4, -0.2) is 40.6 Å². The monoisotopic (exact) mass is 260 g/mol. The Morgan fingerprint density at radius 3 is 3.05 bits per heavy atom. The summed E-state index contributed by atoms with van der Waals surface area (Å²) in [5.41, 5.74) is 1.24. The standard InChI is InChI=1S/C15H20N2O2/c1-11-4-2-5-12(10-11)16-15(14(18)19)7-9-17-8-3-6-13(15)17/h2,4-5,10,13,16H,3,6-9H2,1H3,(H,18,19). The number of carbonyl (C=O) groups is 1. The van der Waals surface area contributed by atoms with E-state index < -0.39 is 11.5 Å². The summed E-state index contributed by atoms with van der Waals surface area (Å²) in [7, 11) is 0. The van der Waals surface area contributed by atoms with Crippen molar-refractivity contribution in [1.29, 1.82) is 0 Å². The molecule has 0 spiro atoms. The summed E-state index contributed by atoms with van der Waals surface area (Å²) in [5.74, 6) is -0.719. The Morgan fingerprint density at radius 2 is 2.32 bits per heavy atom. The molecule has 2 atom stereocenters. The molecule has 1 aromatic carbocycles. The molecule has 19 heavy (non-hydrogen) atoms. The Kier molecular flexibility index (Phi) is 2.97. The van der Waals surface area contributed by atoms with E-state index in [1.807, 2.05) is 31.2 Å². The second-order valence-corrected chi connectivity index (χ2v) is 5.71. The fraction of sp³-hybridized carbons (Fsp3) is 0.533. The van der Waals surface area contributed by atoms with Crippen molar-refractivity contribution in [3.05, 3.63) is 29.8 Å². The van der Waals surface area contributed by atoms with Crippen molar-refractivity contribution in [3.63, 3.8) is 0 Å². The fourth-order valence-electron chi connectivity index (χ4n) is 3.57. The minimum Gasteiger partial charge on any atom is -0.479 e. The van der Waals surface area contributed by atoms with Crippen LogP contribution in [-0.2, 0) is 4.79 Å². The van der Waals surface area contributed by atoms with Crippen LogP contribution < -0.4 is 5.32 Å². The van der Waals surface area contributed by atoms with Gasteiger partial charge < -0.3 is 10.4 Å². The van der Waals surface area contributed by atoms with E-state index in [0.29, 0.717) is 6.42 Å². The number of anilines is 1. The fourth-order valence-corrected chi connectivity index (χ4v) is 3.57. The Hall–Kier alpha value is -1.55. The zero-order valence-electron chi connectivity index (χ0n) is 11.2. The molecule has 3 rings (SSSR count).